The highest BCUT2D eigenvalue weighted by Gasteiger charge is 2.74. The van der Waals surface area contributed by atoms with Crippen molar-refractivity contribution in [2.24, 2.45) is 21.6 Å². The fourth-order valence-electron chi connectivity index (χ4n) is 1.57. The molecule has 1 heterocycles. The zero-order valence-electron chi connectivity index (χ0n) is 5.56. The predicted octanol–water partition coefficient (Wildman–Crippen LogP) is 2.20. The molecule has 0 amide bonds. The largest absolute Gasteiger partial charge is 0.192 e. The standard InChI is InChI=1S/C6H9BrN2/c1-4-5(2)3-8-9-6(4,5)7/h4H,3H2,1-2H3. The molecule has 0 N–H and O–H groups in total. The lowest BCUT2D eigenvalue weighted by atomic mass is 10.1. The third-order valence-corrected chi connectivity index (χ3v) is 4.61. The quantitative estimate of drug-likeness (QED) is 0.412. The topological polar surface area (TPSA) is 24.7 Å². The molecule has 2 nitrogen and oxygen atoms in total. The summed E-state index contributed by atoms with van der Waals surface area (Å²) in [4.78, 5) is 0. The maximum absolute atomic E-state index is 4.14. The van der Waals surface area contributed by atoms with Gasteiger partial charge in [-0.05, 0) is 0 Å². The summed E-state index contributed by atoms with van der Waals surface area (Å²) in [6.07, 6.45) is 0. The molecule has 1 aliphatic carbocycles. The van der Waals surface area contributed by atoms with Crippen LogP contribution < -0.4 is 0 Å². The molecule has 3 atom stereocenters. The van der Waals surface area contributed by atoms with E-state index in [1.54, 1.807) is 0 Å². The smallest absolute Gasteiger partial charge is 0.146 e. The molecule has 1 aliphatic heterocycles. The van der Waals surface area contributed by atoms with Gasteiger partial charge in [0.25, 0.3) is 0 Å². The molecule has 50 valence electrons. The van der Waals surface area contributed by atoms with Crippen molar-refractivity contribution in [2.75, 3.05) is 6.54 Å². The second-order valence-corrected chi connectivity index (χ2v) is 4.42. The number of fused-ring (bicyclic) bond motifs is 1. The summed E-state index contributed by atoms with van der Waals surface area (Å²) in [6.45, 7) is 5.35. The maximum Gasteiger partial charge on any atom is 0.146 e. The first kappa shape index (κ1) is 5.83. The molecule has 9 heavy (non-hydrogen) atoms. The van der Waals surface area contributed by atoms with Crippen LogP contribution in [0.2, 0.25) is 0 Å². The van der Waals surface area contributed by atoms with Gasteiger partial charge in [-0.15, -0.1) is 0 Å². The summed E-state index contributed by atoms with van der Waals surface area (Å²) in [5.41, 5.74) is 0.340. The lowest BCUT2D eigenvalue weighted by Gasteiger charge is -1.97. The molecule has 1 saturated carbocycles. The number of alkyl halides is 1. The highest BCUT2D eigenvalue weighted by atomic mass is 79.9. The van der Waals surface area contributed by atoms with Crippen LogP contribution in [0.5, 0.6) is 0 Å². The second kappa shape index (κ2) is 1.24. The third-order valence-electron chi connectivity index (χ3n) is 2.86. The number of azo groups is 1. The van der Waals surface area contributed by atoms with Gasteiger partial charge < -0.3 is 0 Å². The van der Waals surface area contributed by atoms with Crippen LogP contribution in [0.15, 0.2) is 10.2 Å². The molecular formula is C6H9BrN2. The van der Waals surface area contributed by atoms with Crippen molar-refractivity contribution in [3.8, 4) is 0 Å². The van der Waals surface area contributed by atoms with Crippen molar-refractivity contribution in [3.05, 3.63) is 0 Å². The summed E-state index contributed by atoms with van der Waals surface area (Å²) in [5.74, 6) is 0.669. The molecule has 0 bridgehead atoms. The molecule has 0 spiro atoms. The van der Waals surface area contributed by atoms with Gasteiger partial charge in [0.2, 0.25) is 0 Å². The molecule has 3 heteroatoms. The fourth-order valence-corrected chi connectivity index (χ4v) is 2.54. The van der Waals surface area contributed by atoms with Gasteiger partial charge in [-0.2, -0.15) is 10.2 Å². The van der Waals surface area contributed by atoms with Crippen LogP contribution in [0.25, 0.3) is 0 Å². The van der Waals surface area contributed by atoms with Crippen LogP contribution in [0.3, 0.4) is 0 Å². The van der Waals surface area contributed by atoms with E-state index in [1.807, 2.05) is 0 Å². The number of hydrogen-bond donors (Lipinski definition) is 0. The van der Waals surface area contributed by atoms with Crippen molar-refractivity contribution in [1.29, 1.82) is 0 Å². The first-order valence-electron chi connectivity index (χ1n) is 3.19. The number of halogens is 1. The van der Waals surface area contributed by atoms with Crippen LogP contribution in [-0.2, 0) is 0 Å². The number of hydrogen-bond acceptors (Lipinski definition) is 2. The van der Waals surface area contributed by atoms with E-state index >= 15 is 0 Å². The molecule has 0 saturated heterocycles. The Morgan fingerprint density at radius 1 is 1.67 bits per heavy atom. The van der Waals surface area contributed by atoms with Crippen molar-refractivity contribution >= 4 is 15.9 Å². The van der Waals surface area contributed by atoms with Crippen LogP contribution in [0, 0.1) is 11.3 Å². The predicted molar refractivity (Wildman–Crippen MR) is 38.7 cm³/mol. The molecule has 0 aromatic carbocycles. The maximum atomic E-state index is 4.14. The minimum atomic E-state index is 0.0278. The zero-order chi connectivity index (χ0) is 6.70. The lowest BCUT2D eigenvalue weighted by molar-refractivity contribution is 0.545. The van der Waals surface area contributed by atoms with Gasteiger partial charge in [-0.25, -0.2) is 0 Å². The first-order valence-corrected chi connectivity index (χ1v) is 3.98. The van der Waals surface area contributed by atoms with Gasteiger partial charge in [0, 0.05) is 11.3 Å². The minimum absolute atomic E-state index is 0.0278. The summed E-state index contributed by atoms with van der Waals surface area (Å²) in [7, 11) is 0. The summed E-state index contributed by atoms with van der Waals surface area (Å²) < 4.78 is 0.0278. The fraction of sp³-hybridized carbons (Fsp3) is 1.00. The van der Waals surface area contributed by atoms with Crippen LogP contribution in [0.1, 0.15) is 13.8 Å². The molecule has 0 aromatic heterocycles. The highest BCUT2D eigenvalue weighted by Crippen LogP contribution is 2.70. The minimum Gasteiger partial charge on any atom is -0.192 e. The molecule has 3 unspecified atom stereocenters. The lowest BCUT2D eigenvalue weighted by Crippen LogP contribution is -2.03. The Labute approximate surface area is 62.9 Å². The molecule has 2 rings (SSSR count). The van der Waals surface area contributed by atoms with Gasteiger partial charge in [0.05, 0.1) is 6.54 Å². The Morgan fingerprint density at radius 2 is 2.33 bits per heavy atom. The van der Waals surface area contributed by atoms with Crippen molar-refractivity contribution in [2.45, 2.75) is 18.3 Å². The van der Waals surface area contributed by atoms with E-state index in [0.29, 0.717) is 11.3 Å². The van der Waals surface area contributed by atoms with Crippen LogP contribution in [-0.4, -0.2) is 11.0 Å². The summed E-state index contributed by atoms with van der Waals surface area (Å²) in [5, 5.41) is 8.12. The van der Waals surface area contributed by atoms with Crippen molar-refractivity contribution in [1.82, 2.24) is 0 Å². The van der Waals surface area contributed by atoms with E-state index in [0.717, 1.165) is 6.54 Å². The van der Waals surface area contributed by atoms with Crippen molar-refractivity contribution < 1.29 is 0 Å². The Balaban J connectivity index is 2.38. The van der Waals surface area contributed by atoms with E-state index in [1.165, 1.54) is 0 Å². The molecule has 0 aromatic rings. The first-order chi connectivity index (χ1) is 4.11. The number of rotatable bonds is 0. The van der Waals surface area contributed by atoms with Gasteiger partial charge in [0.1, 0.15) is 4.45 Å². The molecule has 2 aliphatic rings. The van der Waals surface area contributed by atoms with Gasteiger partial charge in [0.15, 0.2) is 0 Å². The average molecular weight is 189 g/mol. The van der Waals surface area contributed by atoms with E-state index in [2.05, 4.69) is 40.0 Å². The van der Waals surface area contributed by atoms with E-state index in [4.69, 9.17) is 0 Å². The molecule has 1 fully saturated rings. The van der Waals surface area contributed by atoms with E-state index in [-0.39, 0.29) is 4.45 Å². The van der Waals surface area contributed by atoms with Crippen molar-refractivity contribution in [3.63, 3.8) is 0 Å². The van der Waals surface area contributed by atoms with Crippen LogP contribution in [0.4, 0.5) is 0 Å². The molecular weight excluding hydrogens is 180 g/mol. The summed E-state index contributed by atoms with van der Waals surface area (Å²) in [6, 6.07) is 0. The number of nitrogens with zero attached hydrogens (tertiary/aromatic N) is 2. The second-order valence-electron chi connectivity index (χ2n) is 3.21. The monoisotopic (exact) mass is 188 g/mol. The Morgan fingerprint density at radius 3 is 2.56 bits per heavy atom. The zero-order valence-corrected chi connectivity index (χ0v) is 7.14. The van der Waals surface area contributed by atoms with Crippen LogP contribution >= 0.6 is 15.9 Å². The SMILES string of the molecule is CC1C2(C)CN=NC12Br. The summed E-state index contributed by atoms with van der Waals surface area (Å²) >= 11 is 3.58. The highest BCUT2D eigenvalue weighted by molar-refractivity contribution is 9.10. The Kier molecular flexibility index (Phi) is 0.803. The van der Waals surface area contributed by atoms with Gasteiger partial charge in [-0.1, -0.05) is 29.8 Å². The Hall–Kier alpha value is 0.0800. The van der Waals surface area contributed by atoms with E-state index in [9.17, 15) is 0 Å². The average Bonchev–Trinajstić information content (AvgIpc) is 2.20. The molecule has 0 radical (unpaired) electrons. The third kappa shape index (κ3) is 0.407. The van der Waals surface area contributed by atoms with Gasteiger partial charge >= 0.3 is 0 Å². The van der Waals surface area contributed by atoms with E-state index < -0.39 is 0 Å². The Bertz CT molecular complexity index is 191. The normalized spacial score (nSPS) is 61.9. The van der Waals surface area contributed by atoms with Gasteiger partial charge in [-0.3, -0.25) is 0 Å².